The minimum absolute atomic E-state index is 0.0215. The molecule has 0 aliphatic carbocycles. The molecule has 1 aliphatic rings. The fraction of sp³-hybridized carbons (Fsp3) is 0.211. The fourth-order valence-electron chi connectivity index (χ4n) is 2.86. The third-order valence-electron chi connectivity index (χ3n) is 3.98. The van der Waals surface area contributed by atoms with E-state index in [1.807, 2.05) is 53.4 Å². The number of fused-ring (bicyclic) bond motifs is 1. The average molecular weight is 293 g/mol. The summed E-state index contributed by atoms with van der Waals surface area (Å²) in [5, 5.41) is 0. The van der Waals surface area contributed by atoms with Crippen molar-refractivity contribution >= 4 is 17.7 Å². The highest BCUT2D eigenvalue weighted by molar-refractivity contribution is 6.05. The van der Waals surface area contributed by atoms with Crippen molar-refractivity contribution in [1.29, 1.82) is 0 Å². The van der Waals surface area contributed by atoms with Crippen molar-refractivity contribution in [2.75, 3.05) is 12.0 Å². The molecule has 22 heavy (non-hydrogen) atoms. The number of hydrogen-bond acceptors (Lipinski definition) is 2. The van der Waals surface area contributed by atoms with Gasteiger partial charge in [-0.2, -0.15) is 0 Å². The number of benzene rings is 2. The number of nitrogens with zero attached hydrogens (tertiary/aromatic N) is 1. The number of rotatable bonds is 3. The van der Waals surface area contributed by atoms with Crippen molar-refractivity contribution in [2.24, 2.45) is 0 Å². The summed E-state index contributed by atoms with van der Waals surface area (Å²) >= 11 is 0. The molecule has 0 aromatic heterocycles. The molecule has 0 fully saturated rings. The Labute approximate surface area is 130 Å². The summed E-state index contributed by atoms with van der Waals surface area (Å²) in [6.45, 7) is 2.08. The van der Waals surface area contributed by atoms with Gasteiger partial charge in [-0.15, -0.1) is 0 Å². The summed E-state index contributed by atoms with van der Waals surface area (Å²) in [4.78, 5) is 14.4. The van der Waals surface area contributed by atoms with Gasteiger partial charge in [-0.25, -0.2) is 0 Å². The molecule has 0 radical (unpaired) electrons. The molecule has 0 saturated heterocycles. The standard InChI is InChI=1S/C19H19NO2/c1-14-13-16-5-3-4-6-18(16)20(14)19(21)12-9-15-7-10-17(22-2)11-8-15/h3-12,14H,13H2,1-2H3/b12-9+. The molecule has 1 heterocycles. The van der Waals surface area contributed by atoms with E-state index < -0.39 is 0 Å². The van der Waals surface area contributed by atoms with Gasteiger partial charge in [0.2, 0.25) is 0 Å². The Hall–Kier alpha value is -2.55. The Morgan fingerprint density at radius 3 is 2.64 bits per heavy atom. The van der Waals surface area contributed by atoms with Crippen molar-refractivity contribution in [2.45, 2.75) is 19.4 Å². The van der Waals surface area contributed by atoms with Crippen LogP contribution in [0.3, 0.4) is 0 Å². The minimum atomic E-state index is 0.0215. The molecule has 1 unspecified atom stereocenters. The van der Waals surface area contributed by atoms with E-state index in [4.69, 9.17) is 4.74 Å². The zero-order valence-electron chi connectivity index (χ0n) is 12.8. The first kappa shape index (κ1) is 14.4. The molecule has 2 aromatic carbocycles. The highest BCUT2D eigenvalue weighted by atomic mass is 16.5. The Morgan fingerprint density at radius 2 is 1.91 bits per heavy atom. The van der Waals surface area contributed by atoms with Gasteiger partial charge >= 0.3 is 0 Å². The second-order valence-electron chi connectivity index (χ2n) is 5.50. The average Bonchev–Trinajstić information content (AvgIpc) is 2.89. The van der Waals surface area contributed by atoms with Gasteiger partial charge in [0.15, 0.2) is 0 Å². The molecular formula is C19H19NO2. The first-order valence-electron chi connectivity index (χ1n) is 7.42. The second-order valence-corrected chi connectivity index (χ2v) is 5.50. The van der Waals surface area contributed by atoms with E-state index in [1.165, 1.54) is 5.56 Å². The molecule has 1 amide bonds. The molecule has 3 heteroatoms. The summed E-state index contributed by atoms with van der Waals surface area (Å²) in [7, 11) is 1.64. The molecule has 0 bridgehead atoms. The van der Waals surface area contributed by atoms with Gasteiger partial charge in [0, 0.05) is 17.8 Å². The van der Waals surface area contributed by atoms with E-state index in [-0.39, 0.29) is 11.9 Å². The summed E-state index contributed by atoms with van der Waals surface area (Å²) in [6, 6.07) is 15.9. The normalized spacial score (nSPS) is 16.8. The van der Waals surface area contributed by atoms with E-state index in [1.54, 1.807) is 13.2 Å². The highest BCUT2D eigenvalue weighted by Crippen LogP contribution is 2.32. The van der Waals surface area contributed by atoms with Gasteiger partial charge in [-0.05, 0) is 48.7 Å². The van der Waals surface area contributed by atoms with Gasteiger partial charge in [0.05, 0.1) is 7.11 Å². The quantitative estimate of drug-likeness (QED) is 0.808. The maximum atomic E-state index is 12.5. The van der Waals surface area contributed by atoms with Crippen molar-refractivity contribution in [3.05, 3.63) is 65.7 Å². The van der Waals surface area contributed by atoms with Crippen LogP contribution in [-0.2, 0) is 11.2 Å². The summed E-state index contributed by atoms with van der Waals surface area (Å²) < 4.78 is 5.13. The first-order valence-corrected chi connectivity index (χ1v) is 7.42. The van der Waals surface area contributed by atoms with Gasteiger partial charge in [0.1, 0.15) is 5.75 Å². The third kappa shape index (κ3) is 2.75. The monoisotopic (exact) mass is 293 g/mol. The van der Waals surface area contributed by atoms with E-state index in [0.29, 0.717) is 0 Å². The Balaban J connectivity index is 1.78. The lowest BCUT2D eigenvalue weighted by Crippen LogP contribution is -2.34. The number of para-hydroxylation sites is 1. The van der Waals surface area contributed by atoms with Crippen LogP contribution in [0.5, 0.6) is 5.75 Å². The number of amides is 1. The number of ether oxygens (including phenoxy) is 1. The number of anilines is 1. The van der Waals surface area contributed by atoms with Crippen LogP contribution in [0.4, 0.5) is 5.69 Å². The van der Waals surface area contributed by atoms with Crippen LogP contribution < -0.4 is 9.64 Å². The zero-order valence-corrected chi connectivity index (χ0v) is 12.8. The lowest BCUT2D eigenvalue weighted by molar-refractivity contribution is -0.114. The Bertz CT molecular complexity index is 704. The van der Waals surface area contributed by atoms with Crippen LogP contribution in [0.15, 0.2) is 54.6 Å². The number of carbonyl (C=O) groups is 1. The highest BCUT2D eigenvalue weighted by Gasteiger charge is 2.29. The topological polar surface area (TPSA) is 29.5 Å². The molecule has 2 aromatic rings. The first-order chi connectivity index (χ1) is 10.7. The van der Waals surface area contributed by atoms with Crippen LogP contribution in [0, 0.1) is 0 Å². The predicted octanol–water partition coefficient (Wildman–Crippen LogP) is 3.69. The molecule has 3 nitrogen and oxygen atoms in total. The van der Waals surface area contributed by atoms with Gasteiger partial charge in [0.25, 0.3) is 5.91 Å². The predicted molar refractivity (Wildman–Crippen MR) is 89.1 cm³/mol. The third-order valence-corrected chi connectivity index (χ3v) is 3.98. The molecule has 3 rings (SSSR count). The Kier molecular flexibility index (Phi) is 3.96. The lowest BCUT2D eigenvalue weighted by Gasteiger charge is -2.20. The van der Waals surface area contributed by atoms with Crippen molar-refractivity contribution < 1.29 is 9.53 Å². The number of hydrogen-bond donors (Lipinski definition) is 0. The second kappa shape index (κ2) is 6.06. The Morgan fingerprint density at radius 1 is 1.18 bits per heavy atom. The molecule has 0 spiro atoms. The van der Waals surface area contributed by atoms with E-state index in [0.717, 1.165) is 23.4 Å². The number of methoxy groups -OCH3 is 1. The van der Waals surface area contributed by atoms with Crippen LogP contribution in [0.25, 0.3) is 6.08 Å². The smallest absolute Gasteiger partial charge is 0.251 e. The lowest BCUT2D eigenvalue weighted by atomic mass is 10.1. The molecular weight excluding hydrogens is 274 g/mol. The summed E-state index contributed by atoms with van der Waals surface area (Å²) in [6.07, 6.45) is 4.40. The van der Waals surface area contributed by atoms with Crippen LogP contribution >= 0.6 is 0 Å². The summed E-state index contributed by atoms with van der Waals surface area (Å²) in [5.41, 5.74) is 3.25. The maximum absolute atomic E-state index is 12.5. The molecule has 0 N–H and O–H groups in total. The van der Waals surface area contributed by atoms with Crippen molar-refractivity contribution in [1.82, 2.24) is 0 Å². The SMILES string of the molecule is COc1ccc(/C=C/C(=O)N2c3ccccc3CC2C)cc1. The molecule has 1 aliphatic heterocycles. The minimum Gasteiger partial charge on any atom is -0.497 e. The largest absolute Gasteiger partial charge is 0.497 e. The number of carbonyl (C=O) groups excluding carboxylic acids is 1. The van der Waals surface area contributed by atoms with E-state index in [2.05, 4.69) is 13.0 Å². The van der Waals surface area contributed by atoms with Gasteiger partial charge in [-0.1, -0.05) is 30.3 Å². The molecule has 0 saturated carbocycles. The van der Waals surface area contributed by atoms with Crippen LogP contribution in [0.2, 0.25) is 0 Å². The van der Waals surface area contributed by atoms with Crippen molar-refractivity contribution in [3.63, 3.8) is 0 Å². The molecule has 112 valence electrons. The van der Waals surface area contributed by atoms with E-state index >= 15 is 0 Å². The van der Waals surface area contributed by atoms with Crippen molar-refractivity contribution in [3.8, 4) is 5.75 Å². The van der Waals surface area contributed by atoms with Crippen LogP contribution in [-0.4, -0.2) is 19.1 Å². The van der Waals surface area contributed by atoms with Crippen LogP contribution in [0.1, 0.15) is 18.1 Å². The maximum Gasteiger partial charge on any atom is 0.251 e. The van der Waals surface area contributed by atoms with Gasteiger partial charge < -0.3 is 9.64 Å². The van der Waals surface area contributed by atoms with Gasteiger partial charge in [-0.3, -0.25) is 4.79 Å². The van der Waals surface area contributed by atoms with E-state index in [9.17, 15) is 4.79 Å². The summed E-state index contributed by atoms with van der Waals surface area (Å²) in [5.74, 6) is 0.832. The fourth-order valence-corrected chi connectivity index (χ4v) is 2.86. The zero-order chi connectivity index (χ0) is 15.5. The molecule has 1 atom stereocenters.